The summed E-state index contributed by atoms with van der Waals surface area (Å²) in [5.74, 6) is 0.287. The summed E-state index contributed by atoms with van der Waals surface area (Å²) in [6.07, 6.45) is -0.623. The maximum atomic E-state index is 12.7. The normalized spacial score (nSPS) is 10.1. The highest BCUT2D eigenvalue weighted by atomic mass is 35.5. The lowest BCUT2D eigenvalue weighted by molar-refractivity contribution is 0.138. The molecule has 1 amide bonds. The predicted molar refractivity (Wildman–Crippen MR) is 83.1 cm³/mol. The minimum atomic E-state index is -0.623. The maximum absolute atomic E-state index is 12.7. The van der Waals surface area contributed by atoms with Crippen LogP contribution in [0.5, 0.6) is 5.75 Å². The zero-order chi connectivity index (χ0) is 15.9. The molecule has 0 saturated heterocycles. The molecule has 0 radical (unpaired) electrons. The molecule has 0 heterocycles. The molecule has 2 rings (SSSR count). The summed E-state index contributed by atoms with van der Waals surface area (Å²) in [4.78, 5) is 11.5. The summed E-state index contributed by atoms with van der Waals surface area (Å²) in [7, 11) is 0. The van der Waals surface area contributed by atoms with Crippen LogP contribution in [0.4, 0.5) is 14.9 Å². The molecule has 0 unspecified atom stereocenters. The van der Waals surface area contributed by atoms with Crippen molar-refractivity contribution in [3.63, 3.8) is 0 Å². The van der Waals surface area contributed by atoms with E-state index in [0.717, 1.165) is 5.56 Å². The van der Waals surface area contributed by atoms with E-state index in [1.807, 2.05) is 6.92 Å². The molecule has 22 heavy (non-hydrogen) atoms. The number of nitrogens with one attached hydrogen (secondary N) is 1. The van der Waals surface area contributed by atoms with Crippen LogP contribution in [0.15, 0.2) is 42.5 Å². The van der Waals surface area contributed by atoms with Gasteiger partial charge in [-0.2, -0.15) is 0 Å². The molecule has 0 bridgehead atoms. The highest BCUT2D eigenvalue weighted by Crippen LogP contribution is 2.20. The van der Waals surface area contributed by atoms with Crippen molar-refractivity contribution in [3.05, 3.63) is 58.9 Å². The summed E-state index contributed by atoms with van der Waals surface area (Å²) in [5, 5.41) is 3.15. The van der Waals surface area contributed by atoms with E-state index in [1.165, 1.54) is 24.3 Å². The van der Waals surface area contributed by atoms with E-state index in [-0.39, 0.29) is 19.0 Å². The third-order valence-electron chi connectivity index (χ3n) is 2.81. The first kappa shape index (κ1) is 16.1. The van der Waals surface area contributed by atoms with Gasteiger partial charge in [-0.3, -0.25) is 5.32 Å². The van der Waals surface area contributed by atoms with Gasteiger partial charge in [0.1, 0.15) is 24.8 Å². The molecule has 1 N–H and O–H groups in total. The van der Waals surface area contributed by atoms with Gasteiger partial charge in [0.05, 0.1) is 0 Å². The van der Waals surface area contributed by atoms with Crippen LogP contribution in [0.2, 0.25) is 5.02 Å². The topological polar surface area (TPSA) is 47.6 Å². The molecule has 0 aliphatic rings. The van der Waals surface area contributed by atoms with Crippen molar-refractivity contribution in [1.29, 1.82) is 0 Å². The van der Waals surface area contributed by atoms with Crippen molar-refractivity contribution >= 4 is 23.4 Å². The van der Waals surface area contributed by atoms with Gasteiger partial charge in [-0.25, -0.2) is 9.18 Å². The summed E-state index contributed by atoms with van der Waals surface area (Å²) in [6, 6.07) is 10.7. The number of carbonyl (C=O) groups excluding carboxylic acids is 1. The van der Waals surface area contributed by atoms with Crippen LogP contribution in [-0.4, -0.2) is 19.3 Å². The van der Waals surface area contributed by atoms with Crippen molar-refractivity contribution < 1.29 is 18.7 Å². The molecule has 0 fully saturated rings. The fourth-order valence-corrected chi connectivity index (χ4v) is 1.81. The van der Waals surface area contributed by atoms with Gasteiger partial charge < -0.3 is 9.47 Å². The number of halogens is 2. The Morgan fingerprint density at radius 3 is 2.59 bits per heavy atom. The number of carbonyl (C=O) groups is 1. The number of aryl methyl sites for hydroxylation is 1. The number of hydrogen-bond donors (Lipinski definition) is 1. The van der Waals surface area contributed by atoms with Crippen molar-refractivity contribution in [2.45, 2.75) is 6.92 Å². The van der Waals surface area contributed by atoms with Gasteiger partial charge in [-0.15, -0.1) is 0 Å². The molecule has 0 aromatic heterocycles. The molecule has 2 aromatic rings. The zero-order valence-corrected chi connectivity index (χ0v) is 12.7. The van der Waals surface area contributed by atoms with Crippen LogP contribution >= 0.6 is 11.6 Å². The molecule has 0 aliphatic carbocycles. The van der Waals surface area contributed by atoms with E-state index in [9.17, 15) is 9.18 Å². The second-order valence-electron chi connectivity index (χ2n) is 4.53. The number of rotatable bonds is 5. The molecule has 116 valence electrons. The highest BCUT2D eigenvalue weighted by Gasteiger charge is 2.04. The van der Waals surface area contributed by atoms with E-state index in [2.05, 4.69) is 5.32 Å². The van der Waals surface area contributed by atoms with Gasteiger partial charge in [0, 0.05) is 10.7 Å². The van der Waals surface area contributed by atoms with Gasteiger partial charge in [0.2, 0.25) is 0 Å². The molecule has 0 aliphatic heterocycles. The Labute approximate surface area is 132 Å². The van der Waals surface area contributed by atoms with Gasteiger partial charge in [-0.1, -0.05) is 11.6 Å². The highest BCUT2D eigenvalue weighted by molar-refractivity contribution is 6.31. The monoisotopic (exact) mass is 323 g/mol. The first-order chi connectivity index (χ1) is 10.5. The molecule has 0 atom stereocenters. The average Bonchev–Trinajstić information content (AvgIpc) is 2.49. The van der Waals surface area contributed by atoms with Gasteiger partial charge in [0.15, 0.2) is 0 Å². The lowest BCUT2D eigenvalue weighted by Crippen LogP contribution is -2.17. The second-order valence-corrected chi connectivity index (χ2v) is 4.93. The summed E-state index contributed by atoms with van der Waals surface area (Å²) >= 11 is 5.91. The van der Waals surface area contributed by atoms with Gasteiger partial charge in [0.25, 0.3) is 0 Å². The molecular formula is C16H15ClFNO3. The molecular weight excluding hydrogens is 309 g/mol. The van der Waals surface area contributed by atoms with E-state index >= 15 is 0 Å². The third-order valence-corrected chi connectivity index (χ3v) is 3.23. The number of ether oxygens (including phenoxy) is 2. The maximum Gasteiger partial charge on any atom is 0.411 e. The van der Waals surface area contributed by atoms with Crippen LogP contribution < -0.4 is 10.1 Å². The predicted octanol–water partition coefficient (Wildman–Crippen LogP) is 4.42. The largest absolute Gasteiger partial charge is 0.490 e. The van der Waals surface area contributed by atoms with Gasteiger partial charge >= 0.3 is 6.09 Å². The van der Waals surface area contributed by atoms with Crippen molar-refractivity contribution in [3.8, 4) is 5.75 Å². The lowest BCUT2D eigenvalue weighted by Gasteiger charge is -2.09. The summed E-state index contributed by atoms with van der Waals surface area (Å²) < 4.78 is 23.1. The molecule has 4 nitrogen and oxygen atoms in total. The van der Waals surface area contributed by atoms with Crippen molar-refractivity contribution in [1.82, 2.24) is 0 Å². The summed E-state index contributed by atoms with van der Waals surface area (Å²) in [6.45, 7) is 2.19. The quantitative estimate of drug-likeness (QED) is 0.829. The van der Waals surface area contributed by atoms with Crippen LogP contribution in [0.3, 0.4) is 0 Å². The Balaban J connectivity index is 1.70. The Kier molecular flexibility index (Phi) is 5.61. The van der Waals surface area contributed by atoms with Crippen molar-refractivity contribution in [2.24, 2.45) is 0 Å². The number of amides is 1. The van der Waals surface area contributed by atoms with Gasteiger partial charge in [-0.05, 0) is 55.0 Å². The summed E-state index contributed by atoms with van der Waals surface area (Å²) in [5.41, 5.74) is 1.37. The molecule has 0 saturated carbocycles. The standard InChI is InChI=1S/C16H15ClFNO3/c1-11-10-14(6-7-15(11)17)21-8-9-22-16(20)19-13-4-2-12(18)3-5-13/h2-7,10H,8-9H2,1H3,(H,19,20). The van der Waals surface area contributed by atoms with E-state index in [0.29, 0.717) is 16.5 Å². The first-order valence-corrected chi connectivity index (χ1v) is 7.01. The fourth-order valence-electron chi connectivity index (χ4n) is 1.69. The minimum Gasteiger partial charge on any atom is -0.490 e. The average molecular weight is 324 g/mol. The molecule has 0 spiro atoms. The smallest absolute Gasteiger partial charge is 0.411 e. The van der Waals surface area contributed by atoms with Crippen molar-refractivity contribution in [2.75, 3.05) is 18.5 Å². The second kappa shape index (κ2) is 7.66. The minimum absolute atomic E-state index is 0.0920. The Hall–Kier alpha value is -2.27. The number of anilines is 1. The Bertz CT molecular complexity index is 646. The number of hydrogen-bond acceptors (Lipinski definition) is 3. The van der Waals surface area contributed by atoms with Crippen LogP contribution in [0.1, 0.15) is 5.56 Å². The fraction of sp³-hybridized carbons (Fsp3) is 0.188. The Morgan fingerprint density at radius 1 is 1.18 bits per heavy atom. The third kappa shape index (κ3) is 4.93. The van der Waals surface area contributed by atoms with Crippen LogP contribution in [0, 0.1) is 12.7 Å². The molecule has 2 aromatic carbocycles. The zero-order valence-electron chi connectivity index (χ0n) is 11.9. The lowest BCUT2D eigenvalue weighted by atomic mass is 10.2. The van der Waals surface area contributed by atoms with Crippen LogP contribution in [-0.2, 0) is 4.74 Å². The SMILES string of the molecule is Cc1cc(OCCOC(=O)Nc2ccc(F)cc2)ccc1Cl. The molecule has 6 heteroatoms. The van der Waals surface area contributed by atoms with Crippen LogP contribution in [0.25, 0.3) is 0 Å². The number of benzene rings is 2. The van der Waals surface area contributed by atoms with E-state index in [4.69, 9.17) is 21.1 Å². The van der Waals surface area contributed by atoms with E-state index in [1.54, 1.807) is 18.2 Å². The van der Waals surface area contributed by atoms with E-state index < -0.39 is 6.09 Å². The Morgan fingerprint density at radius 2 is 1.91 bits per heavy atom. The first-order valence-electron chi connectivity index (χ1n) is 6.63.